The lowest BCUT2D eigenvalue weighted by Crippen LogP contribution is -2.47. The molecule has 1 aromatic rings. The van der Waals surface area contributed by atoms with Gasteiger partial charge in [-0.25, -0.2) is 4.39 Å². The number of hydrogen-bond acceptors (Lipinski definition) is 3. The molecule has 0 aliphatic carbocycles. The zero-order valence-electron chi connectivity index (χ0n) is 13.8. The number of fused-ring (bicyclic) bond motifs is 2. The van der Waals surface area contributed by atoms with Crippen molar-refractivity contribution in [2.24, 2.45) is 4.99 Å². The minimum absolute atomic E-state index is 0. The van der Waals surface area contributed by atoms with Crippen LogP contribution in [0.1, 0.15) is 24.8 Å². The van der Waals surface area contributed by atoms with Crippen molar-refractivity contribution in [1.29, 1.82) is 0 Å². The van der Waals surface area contributed by atoms with E-state index in [4.69, 9.17) is 4.74 Å². The van der Waals surface area contributed by atoms with Crippen LogP contribution < -0.4 is 10.6 Å². The molecule has 0 spiro atoms. The Balaban J connectivity index is 0.00000208. The number of ether oxygens (including phenoxy) is 1. The maximum Gasteiger partial charge on any atom is 0.191 e. The molecule has 3 atom stereocenters. The summed E-state index contributed by atoms with van der Waals surface area (Å²) in [6.45, 7) is 0.806. The van der Waals surface area contributed by atoms with Gasteiger partial charge in [0.15, 0.2) is 5.96 Å². The topological polar surface area (TPSA) is 45.7 Å². The van der Waals surface area contributed by atoms with Gasteiger partial charge >= 0.3 is 0 Å². The van der Waals surface area contributed by atoms with E-state index in [0.717, 1.165) is 36.7 Å². The van der Waals surface area contributed by atoms with Crippen LogP contribution in [0.2, 0.25) is 0 Å². The van der Waals surface area contributed by atoms with Gasteiger partial charge in [0.05, 0.1) is 18.2 Å². The summed E-state index contributed by atoms with van der Waals surface area (Å²) < 4.78 is 19.4. The highest BCUT2D eigenvalue weighted by Crippen LogP contribution is 2.34. The lowest BCUT2D eigenvalue weighted by atomic mass is 9.96. The number of guanidine groups is 1. The van der Waals surface area contributed by atoms with Gasteiger partial charge in [-0.1, -0.05) is 18.2 Å². The van der Waals surface area contributed by atoms with E-state index < -0.39 is 0 Å². The number of aliphatic imine (C=N–C) groups is 1. The van der Waals surface area contributed by atoms with Crippen molar-refractivity contribution in [1.82, 2.24) is 10.6 Å². The molecule has 2 saturated heterocycles. The largest absolute Gasteiger partial charge is 0.373 e. The van der Waals surface area contributed by atoms with Gasteiger partial charge in [-0.3, -0.25) is 4.99 Å². The summed E-state index contributed by atoms with van der Waals surface area (Å²) >= 11 is 1.72. The number of rotatable bonds is 6. The Labute approximate surface area is 164 Å². The fourth-order valence-electron chi connectivity index (χ4n) is 3.20. The molecule has 0 aromatic heterocycles. The summed E-state index contributed by atoms with van der Waals surface area (Å²) in [6, 6.07) is 7.33. The highest BCUT2D eigenvalue weighted by molar-refractivity contribution is 14.0. The molecule has 2 aliphatic rings. The third-order valence-corrected chi connectivity index (χ3v) is 5.41. The number of nitrogens with one attached hydrogen (secondary N) is 2. The lowest BCUT2D eigenvalue weighted by Gasteiger charge is -2.22. The fraction of sp³-hybridized carbons (Fsp3) is 0.588. The molecule has 3 unspecified atom stereocenters. The van der Waals surface area contributed by atoms with Crippen molar-refractivity contribution in [3.8, 4) is 0 Å². The number of nitrogens with zero attached hydrogens (tertiary/aromatic N) is 1. The van der Waals surface area contributed by atoms with Crippen LogP contribution in [0.25, 0.3) is 0 Å². The maximum absolute atomic E-state index is 13.5. The molecule has 0 saturated carbocycles. The van der Waals surface area contributed by atoms with E-state index in [-0.39, 0.29) is 29.8 Å². The highest BCUT2D eigenvalue weighted by Gasteiger charge is 2.41. The first-order valence-electron chi connectivity index (χ1n) is 8.20. The van der Waals surface area contributed by atoms with Crippen LogP contribution in [0.4, 0.5) is 4.39 Å². The second-order valence-corrected chi connectivity index (χ2v) is 7.11. The van der Waals surface area contributed by atoms with Crippen LogP contribution in [0, 0.1) is 5.82 Å². The minimum atomic E-state index is -0.123. The van der Waals surface area contributed by atoms with E-state index in [9.17, 15) is 4.39 Å². The van der Waals surface area contributed by atoms with Gasteiger partial charge in [0.1, 0.15) is 5.82 Å². The van der Waals surface area contributed by atoms with Crippen LogP contribution in [-0.2, 0) is 10.5 Å². The predicted octanol–water partition coefficient (Wildman–Crippen LogP) is 3.16. The summed E-state index contributed by atoms with van der Waals surface area (Å²) in [5.41, 5.74) is 0.763. The van der Waals surface area contributed by atoms with E-state index in [0.29, 0.717) is 24.0 Å². The average molecular weight is 465 g/mol. The summed E-state index contributed by atoms with van der Waals surface area (Å²) in [5.74, 6) is 2.31. The molecule has 134 valence electrons. The van der Waals surface area contributed by atoms with Gasteiger partial charge in [0.2, 0.25) is 0 Å². The van der Waals surface area contributed by atoms with Gasteiger partial charge in [-0.05, 0) is 30.9 Å². The van der Waals surface area contributed by atoms with Crippen LogP contribution >= 0.6 is 35.7 Å². The summed E-state index contributed by atoms with van der Waals surface area (Å²) in [5, 5.41) is 6.78. The molecule has 2 N–H and O–H groups in total. The monoisotopic (exact) mass is 465 g/mol. The molecule has 4 nitrogen and oxygen atoms in total. The Bertz CT molecular complexity index is 560. The van der Waals surface area contributed by atoms with Crippen LogP contribution in [0.15, 0.2) is 29.3 Å². The van der Waals surface area contributed by atoms with Crippen LogP contribution in [0.3, 0.4) is 0 Å². The van der Waals surface area contributed by atoms with Gasteiger partial charge in [-0.15, -0.1) is 24.0 Å². The molecule has 0 radical (unpaired) electrons. The fourth-order valence-corrected chi connectivity index (χ4v) is 4.04. The Kier molecular flexibility index (Phi) is 8.09. The molecule has 3 rings (SSSR count). The zero-order chi connectivity index (χ0) is 16.1. The summed E-state index contributed by atoms with van der Waals surface area (Å²) in [4.78, 5) is 4.27. The predicted molar refractivity (Wildman–Crippen MR) is 109 cm³/mol. The zero-order valence-corrected chi connectivity index (χ0v) is 17.0. The molecule has 2 heterocycles. The number of halogens is 2. The number of benzene rings is 1. The maximum atomic E-state index is 13.5. The smallest absolute Gasteiger partial charge is 0.191 e. The second-order valence-electron chi connectivity index (χ2n) is 6.00. The standard InChI is InChI=1S/C17H24FN3OS.HI/c1-19-17(21-15-10-13-6-7-16(15)22-13)20-8-9-23-11-12-4-2-3-5-14(12)18;/h2-5,13,15-16H,6-11H2,1H3,(H2,19,20,21);1H. The Morgan fingerprint density at radius 3 is 2.88 bits per heavy atom. The van der Waals surface area contributed by atoms with Gasteiger partial charge in [0, 0.05) is 25.1 Å². The Morgan fingerprint density at radius 1 is 1.38 bits per heavy atom. The first-order chi connectivity index (χ1) is 11.3. The van der Waals surface area contributed by atoms with Crippen LogP contribution in [0.5, 0.6) is 0 Å². The second kappa shape index (κ2) is 9.82. The normalized spacial score (nSPS) is 25.4. The molecular weight excluding hydrogens is 440 g/mol. The Morgan fingerprint density at radius 2 is 2.21 bits per heavy atom. The van der Waals surface area contributed by atoms with Gasteiger partial charge in [0.25, 0.3) is 0 Å². The van der Waals surface area contributed by atoms with Crippen molar-refractivity contribution in [2.75, 3.05) is 19.3 Å². The first kappa shape index (κ1) is 19.8. The third kappa shape index (κ3) is 5.23. The third-order valence-electron chi connectivity index (χ3n) is 4.41. The summed E-state index contributed by atoms with van der Waals surface area (Å²) in [7, 11) is 1.79. The lowest BCUT2D eigenvalue weighted by molar-refractivity contribution is 0.0992. The van der Waals surface area contributed by atoms with Crippen molar-refractivity contribution in [3.63, 3.8) is 0 Å². The van der Waals surface area contributed by atoms with E-state index in [1.807, 2.05) is 12.1 Å². The number of thioether (sulfide) groups is 1. The van der Waals surface area contributed by atoms with Crippen molar-refractivity contribution >= 4 is 41.7 Å². The minimum Gasteiger partial charge on any atom is -0.373 e. The van der Waals surface area contributed by atoms with Crippen molar-refractivity contribution in [3.05, 3.63) is 35.6 Å². The molecule has 2 aliphatic heterocycles. The quantitative estimate of drug-likeness (QED) is 0.293. The SMILES string of the molecule is CN=C(NCCSCc1ccccc1F)NC1CC2CCC1O2.I. The Hall–Kier alpha value is -0.540. The molecule has 0 amide bonds. The molecular formula is C17H25FIN3OS. The number of hydrogen-bond donors (Lipinski definition) is 2. The van der Waals surface area contributed by atoms with Gasteiger partial charge in [-0.2, -0.15) is 11.8 Å². The van der Waals surface area contributed by atoms with Crippen molar-refractivity contribution < 1.29 is 9.13 Å². The van der Waals surface area contributed by atoms with E-state index >= 15 is 0 Å². The molecule has 7 heteroatoms. The summed E-state index contributed by atoms with van der Waals surface area (Å²) in [6.07, 6.45) is 4.20. The van der Waals surface area contributed by atoms with Crippen molar-refractivity contribution in [2.45, 2.75) is 43.3 Å². The first-order valence-corrected chi connectivity index (χ1v) is 9.35. The average Bonchev–Trinajstić information content (AvgIpc) is 3.18. The molecule has 1 aromatic carbocycles. The molecule has 2 fully saturated rings. The van der Waals surface area contributed by atoms with E-state index in [1.165, 1.54) is 12.5 Å². The molecule has 24 heavy (non-hydrogen) atoms. The van der Waals surface area contributed by atoms with E-state index in [1.54, 1.807) is 24.9 Å². The van der Waals surface area contributed by atoms with E-state index in [2.05, 4.69) is 15.6 Å². The highest BCUT2D eigenvalue weighted by atomic mass is 127. The van der Waals surface area contributed by atoms with Crippen LogP contribution in [-0.4, -0.2) is 43.6 Å². The van der Waals surface area contributed by atoms with Gasteiger partial charge < -0.3 is 15.4 Å². The molecule has 2 bridgehead atoms.